The molecule has 2 rings (SSSR count). The molecule has 0 aromatic carbocycles. The van der Waals surface area contributed by atoms with E-state index in [1.54, 1.807) is 17.2 Å². The lowest BCUT2D eigenvalue weighted by Gasteiger charge is -2.33. The Hall–Kier alpha value is -1.39. The van der Waals surface area contributed by atoms with Crippen LogP contribution in [0.2, 0.25) is 0 Å². The van der Waals surface area contributed by atoms with Crippen molar-refractivity contribution >= 4 is 11.8 Å². The van der Waals surface area contributed by atoms with Crippen LogP contribution in [0.3, 0.4) is 0 Å². The van der Waals surface area contributed by atoms with Gasteiger partial charge >= 0.3 is 0 Å². The molecule has 0 aliphatic heterocycles. The van der Waals surface area contributed by atoms with Crippen molar-refractivity contribution in [2.24, 2.45) is 0 Å². The van der Waals surface area contributed by atoms with Crippen molar-refractivity contribution in [2.45, 2.75) is 37.9 Å². The Labute approximate surface area is 94.7 Å². The molecule has 1 aliphatic carbocycles. The lowest BCUT2D eigenvalue weighted by molar-refractivity contribution is 0.212. The van der Waals surface area contributed by atoms with Gasteiger partial charge in [0.1, 0.15) is 12.0 Å². The number of hydrogen-bond acceptors (Lipinski definition) is 4. The van der Waals surface area contributed by atoms with Gasteiger partial charge in [0.05, 0.1) is 6.04 Å². The maximum Gasteiger partial charge on any atom is 0.227 e. The summed E-state index contributed by atoms with van der Waals surface area (Å²) in [5.74, 6) is 0.928. The highest BCUT2D eigenvalue weighted by molar-refractivity contribution is 5.38. The summed E-state index contributed by atoms with van der Waals surface area (Å²) in [5.41, 5.74) is 5.59. The van der Waals surface area contributed by atoms with E-state index in [4.69, 9.17) is 5.73 Å². The van der Waals surface area contributed by atoms with Crippen LogP contribution in [0, 0.1) is 0 Å². The summed E-state index contributed by atoms with van der Waals surface area (Å²) in [4.78, 5) is 10.0. The van der Waals surface area contributed by atoms with E-state index < -0.39 is 6.17 Å². The van der Waals surface area contributed by atoms with Crippen LogP contribution in [0.15, 0.2) is 12.3 Å². The number of anilines is 2. The second kappa shape index (κ2) is 4.63. The van der Waals surface area contributed by atoms with Gasteiger partial charge in [0, 0.05) is 13.2 Å². The first kappa shape index (κ1) is 11.1. The highest BCUT2D eigenvalue weighted by Crippen LogP contribution is 2.26. The van der Waals surface area contributed by atoms with Crippen LogP contribution in [0.5, 0.6) is 0 Å². The predicted molar refractivity (Wildman–Crippen MR) is 62.0 cm³/mol. The molecule has 2 N–H and O–H groups in total. The molecule has 1 saturated carbocycles. The Morgan fingerprint density at radius 1 is 1.44 bits per heavy atom. The van der Waals surface area contributed by atoms with Gasteiger partial charge < -0.3 is 10.6 Å². The van der Waals surface area contributed by atoms with Gasteiger partial charge in [0.2, 0.25) is 5.95 Å². The summed E-state index contributed by atoms with van der Waals surface area (Å²) in [6.07, 6.45) is 4.35. The van der Waals surface area contributed by atoms with E-state index >= 15 is 0 Å². The molecule has 2 atom stereocenters. The lowest BCUT2D eigenvalue weighted by Crippen LogP contribution is -2.42. The van der Waals surface area contributed by atoms with E-state index in [0.29, 0.717) is 18.2 Å². The van der Waals surface area contributed by atoms with Gasteiger partial charge in [0.15, 0.2) is 0 Å². The van der Waals surface area contributed by atoms with Crippen molar-refractivity contribution < 1.29 is 4.39 Å². The summed E-state index contributed by atoms with van der Waals surface area (Å²) in [7, 11) is 1.83. The third kappa shape index (κ3) is 2.23. The Morgan fingerprint density at radius 2 is 2.19 bits per heavy atom. The molecule has 1 aromatic heterocycles. The van der Waals surface area contributed by atoms with Crippen LogP contribution in [-0.4, -0.2) is 29.2 Å². The van der Waals surface area contributed by atoms with E-state index in [2.05, 4.69) is 9.97 Å². The fraction of sp³-hybridized carbons (Fsp3) is 0.636. The minimum Gasteiger partial charge on any atom is -0.384 e. The van der Waals surface area contributed by atoms with Crippen LogP contribution in [0.4, 0.5) is 16.2 Å². The SMILES string of the molecule is CN(c1nccc(N)n1)[C@@H]1CCCC[C@H]1F. The van der Waals surface area contributed by atoms with Crippen LogP contribution in [-0.2, 0) is 0 Å². The summed E-state index contributed by atoms with van der Waals surface area (Å²) < 4.78 is 13.8. The molecule has 0 radical (unpaired) electrons. The largest absolute Gasteiger partial charge is 0.384 e. The zero-order valence-electron chi connectivity index (χ0n) is 9.43. The van der Waals surface area contributed by atoms with Crippen LogP contribution in [0.25, 0.3) is 0 Å². The van der Waals surface area contributed by atoms with E-state index in [1.807, 2.05) is 7.05 Å². The first-order valence-electron chi connectivity index (χ1n) is 5.64. The van der Waals surface area contributed by atoms with E-state index in [-0.39, 0.29) is 6.04 Å². The third-order valence-electron chi connectivity index (χ3n) is 3.12. The standard InChI is InChI=1S/C11H17FN4/c1-16(9-5-3-2-4-8(9)12)11-14-7-6-10(13)15-11/h6-9H,2-5H2,1H3,(H2,13,14,15)/t8-,9-/m1/s1. The Bertz CT molecular complexity index is 358. The van der Waals surface area contributed by atoms with Gasteiger partial charge in [-0.3, -0.25) is 0 Å². The molecule has 1 fully saturated rings. The quantitative estimate of drug-likeness (QED) is 0.832. The van der Waals surface area contributed by atoms with Crippen molar-refractivity contribution in [1.29, 1.82) is 0 Å². The number of hydrogen-bond donors (Lipinski definition) is 1. The zero-order valence-corrected chi connectivity index (χ0v) is 9.43. The van der Waals surface area contributed by atoms with E-state index in [0.717, 1.165) is 19.3 Å². The third-order valence-corrected chi connectivity index (χ3v) is 3.12. The molecular formula is C11H17FN4. The normalized spacial score (nSPS) is 25.4. The topological polar surface area (TPSA) is 55.0 Å². The van der Waals surface area contributed by atoms with E-state index in [9.17, 15) is 4.39 Å². The minimum atomic E-state index is -0.788. The molecule has 1 heterocycles. The number of nitrogen functional groups attached to an aromatic ring is 1. The second-order valence-corrected chi connectivity index (χ2v) is 4.26. The van der Waals surface area contributed by atoms with Crippen molar-refractivity contribution in [3.05, 3.63) is 12.3 Å². The highest BCUT2D eigenvalue weighted by atomic mass is 19.1. The first-order valence-corrected chi connectivity index (χ1v) is 5.64. The van der Waals surface area contributed by atoms with Gasteiger partial charge in [-0.1, -0.05) is 12.8 Å². The first-order chi connectivity index (χ1) is 7.68. The highest BCUT2D eigenvalue weighted by Gasteiger charge is 2.29. The molecule has 1 aliphatic rings. The number of halogens is 1. The zero-order chi connectivity index (χ0) is 11.5. The van der Waals surface area contributed by atoms with Gasteiger partial charge in [-0.15, -0.1) is 0 Å². The Morgan fingerprint density at radius 3 is 2.88 bits per heavy atom. The van der Waals surface area contributed by atoms with Crippen molar-refractivity contribution in [2.75, 3.05) is 17.7 Å². The van der Waals surface area contributed by atoms with Crippen molar-refractivity contribution in [1.82, 2.24) is 9.97 Å². The fourth-order valence-corrected chi connectivity index (χ4v) is 2.18. The number of rotatable bonds is 2. The fourth-order valence-electron chi connectivity index (χ4n) is 2.18. The van der Waals surface area contributed by atoms with Crippen LogP contribution in [0.1, 0.15) is 25.7 Å². The second-order valence-electron chi connectivity index (χ2n) is 4.26. The molecule has 0 spiro atoms. The molecular weight excluding hydrogens is 207 g/mol. The van der Waals surface area contributed by atoms with Gasteiger partial charge in [-0.05, 0) is 18.9 Å². The molecule has 16 heavy (non-hydrogen) atoms. The Kier molecular flexibility index (Phi) is 3.22. The number of nitrogens with two attached hydrogens (primary N) is 1. The summed E-state index contributed by atoms with van der Waals surface area (Å²) in [6, 6.07) is 1.51. The smallest absolute Gasteiger partial charge is 0.227 e. The van der Waals surface area contributed by atoms with Crippen LogP contribution >= 0.6 is 0 Å². The monoisotopic (exact) mass is 224 g/mol. The molecule has 1 aromatic rings. The van der Waals surface area contributed by atoms with E-state index in [1.165, 1.54) is 0 Å². The van der Waals surface area contributed by atoms with Gasteiger partial charge in [0.25, 0.3) is 0 Å². The average molecular weight is 224 g/mol. The van der Waals surface area contributed by atoms with Crippen molar-refractivity contribution in [3.63, 3.8) is 0 Å². The molecule has 0 bridgehead atoms. The van der Waals surface area contributed by atoms with Crippen LogP contribution < -0.4 is 10.6 Å². The molecule has 5 heteroatoms. The summed E-state index contributed by atoms with van der Waals surface area (Å²) in [5, 5.41) is 0. The van der Waals surface area contributed by atoms with Gasteiger partial charge in [-0.25, -0.2) is 9.37 Å². The number of alkyl halides is 1. The average Bonchev–Trinajstić information content (AvgIpc) is 2.29. The van der Waals surface area contributed by atoms with Gasteiger partial charge in [-0.2, -0.15) is 4.98 Å². The minimum absolute atomic E-state index is 0.115. The predicted octanol–water partition coefficient (Wildman–Crippen LogP) is 1.78. The molecule has 4 nitrogen and oxygen atoms in total. The molecule has 0 unspecified atom stereocenters. The lowest BCUT2D eigenvalue weighted by atomic mass is 9.93. The van der Waals surface area contributed by atoms with Crippen molar-refractivity contribution in [3.8, 4) is 0 Å². The summed E-state index contributed by atoms with van der Waals surface area (Å²) >= 11 is 0. The Balaban J connectivity index is 2.14. The maximum absolute atomic E-state index is 13.8. The summed E-state index contributed by atoms with van der Waals surface area (Å²) in [6.45, 7) is 0. The number of nitrogens with zero attached hydrogens (tertiary/aromatic N) is 3. The number of aromatic nitrogens is 2. The molecule has 0 saturated heterocycles. The maximum atomic E-state index is 13.8. The molecule has 88 valence electrons. The molecule has 0 amide bonds.